The van der Waals surface area contributed by atoms with E-state index in [1.807, 2.05) is 6.07 Å². The molecule has 0 radical (unpaired) electrons. The van der Waals surface area contributed by atoms with Crippen molar-refractivity contribution in [3.05, 3.63) is 58.0 Å². The molecule has 1 aliphatic carbocycles. The first kappa shape index (κ1) is 35.7. The van der Waals surface area contributed by atoms with Crippen LogP contribution in [0.1, 0.15) is 43.0 Å². The van der Waals surface area contributed by atoms with Crippen molar-refractivity contribution in [2.45, 2.75) is 62.2 Å². The highest BCUT2D eigenvalue weighted by atomic mass is 32.2. The van der Waals surface area contributed by atoms with Gasteiger partial charge in [0.15, 0.2) is 5.75 Å². The van der Waals surface area contributed by atoms with E-state index in [0.29, 0.717) is 21.5 Å². The number of rotatable bonds is 10. The van der Waals surface area contributed by atoms with Crippen molar-refractivity contribution in [1.82, 2.24) is 9.62 Å². The Morgan fingerprint density at radius 2 is 1.92 bits per heavy atom. The standard InChI is InChI=1S/C34H35F4N5O5S2/c1-21(44)42-50(45,46)31-14-29(48-20-39-2)28(13-26(31)35)40-12-4-7-30-25(15-34(36,37)38)24-5-3-6-27(32(24)49-30)41-22-8-10-23(11-9-22)43-16-33(17-43)18-47-19-33/h3,5-6,13-14,22-23,40-41H,8-12,15-20H2,1H3,(H,42,44). The quantitative estimate of drug-likeness (QED) is 0.137. The number of nitrogens with one attached hydrogen (secondary N) is 3. The number of anilines is 2. The van der Waals surface area contributed by atoms with Crippen LogP contribution in [-0.2, 0) is 26.0 Å². The summed E-state index contributed by atoms with van der Waals surface area (Å²) in [5.74, 6) is 3.31. The minimum absolute atomic E-state index is 0.0408. The number of halogens is 4. The van der Waals surface area contributed by atoms with Gasteiger partial charge in [-0.15, -0.1) is 11.3 Å². The molecule has 1 spiro atoms. The van der Waals surface area contributed by atoms with Gasteiger partial charge in [0, 0.05) is 49.6 Å². The zero-order chi connectivity index (χ0) is 35.7. The maximum atomic E-state index is 14.9. The molecule has 50 heavy (non-hydrogen) atoms. The van der Waals surface area contributed by atoms with E-state index < -0.39 is 46.0 Å². The average molecular weight is 734 g/mol. The van der Waals surface area contributed by atoms with Gasteiger partial charge in [-0.25, -0.2) is 24.1 Å². The summed E-state index contributed by atoms with van der Waals surface area (Å²) in [6, 6.07) is 7.70. The molecule has 2 aromatic carbocycles. The highest BCUT2D eigenvalue weighted by Gasteiger charge is 2.50. The first-order valence-corrected chi connectivity index (χ1v) is 18.3. The highest BCUT2D eigenvalue weighted by Crippen LogP contribution is 2.43. The van der Waals surface area contributed by atoms with Crippen LogP contribution in [0.3, 0.4) is 0 Å². The van der Waals surface area contributed by atoms with Gasteiger partial charge in [0.25, 0.3) is 10.0 Å². The first-order valence-electron chi connectivity index (χ1n) is 16.0. The fourth-order valence-electron chi connectivity index (χ4n) is 6.82. The molecule has 3 N–H and O–H groups in total. The van der Waals surface area contributed by atoms with E-state index in [1.54, 1.807) is 16.9 Å². The third-order valence-electron chi connectivity index (χ3n) is 9.12. The molecule has 3 heterocycles. The fraction of sp³-hybridized carbons (Fsp3) is 0.471. The lowest BCUT2D eigenvalue weighted by atomic mass is 9.75. The van der Waals surface area contributed by atoms with Crippen LogP contribution in [0, 0.1) is 29.6 Å². The van der Waals surface area contributed by atoms with E-state index in [1.165, 1.54) is 11.3 Å². The molecule has 3 fully saturated rings. The van der Waals surface area contributed by atoms with Crippen molar-refractivity contribution in [1.29, 1.82) is 0 Å². The van der Waals surface area contributed by atoms with Crippen LogP contribution in [0.2, 0.25) is 0 Å². The highest BCUT2D eigenvalue weighted by molar-refractivity contribution is 7.90. The third-order valence-corrected chi connectivity index (χ3v) is 11.8. The van der Waals surface area contributed by atoms with Crippen LogP contribution in [0.4, 0.5) is 28.9 Å². The number of thiophene rings is 1. The summed E-state index contributed by atoms with van der Waals surface area (Å²) in [5, 5.41) is 6.86. The number of hydrogen-bond acceptors (Lipinski definition) is 9. The van der Waals surface area contributed by atoms with Crippen molar-refractivity contribution in [3.63, 3.8) is 0 Å². The number of ether oxygens (including phenoxy) is 2. The predicted octanol–water partition coefficient (Wildman–Crippen LogP) is 5.74. The van der Waals surface area contributed by atoms with Crippen molar-refractivity contribution in [2.24, 2.45) is 5.41 Å². The van der Waals surface area contributed by atoms with Crippen molar-refractivity contribution in [3.8, 4) is 17.6 Å². The molecule has 1 aromatic heterocycles. The van der Waals surface area contributed by atoms with E-state index in [2.05, 4.69) is 32.2 Å². The molecule has 3 aliphatic rings. The van der Waals surface area contributed by atoms with Gasteiger partial charge in [-0.2, -0.15) is 13.2 Å². The Balaban J connectivity index is 1.18. The van der Waals surface area contributed by atoms with Crippen molar-refractivity contribution in [2.75, 3.05) is 50.2 Å². The summed E-state index contributed by atoms with van der Waals surface area (Å²) in [7, 11) is -4.56. The Kier molecular flexibility index (Phi) is 10.2. The molecular formula is C34H35F4N5O5S2. The number of carbonyl (C=O) groups excluding carboxylic acids is 1. The number of likely N-dealkylation sites (tertiary alicyclic amines) is 1. The van der Waals surface area contributed by atoms with E-state index in [4.69, 9.17) is 16.0 Å². The maximum absolute atomic E-state index is 14.9. The van der Waals surface area contributed by atoms with Gasteiger partial charge in [0.05, 0.1) is 47.1 Å². The number of sulfonamides is 1. The summed E-state index contributed by atoms with van der Waals surface area (Å²) in [6.45, 7) is 11.1. The lowest BCUT2D eigenvalue weighted by molar-refractivity contribution is -0.200. The smallest absolute Gasteiger partial charge is 0.393 e. The lowest BCUT2D eigenvalue weighted by Gasteiger charge is -2.58. The number of alkyl halides is 3. The first-order chi connectivity index (χ1) is 23.8. The zero-order valence-electron chi connectivity index (χ0n) is 27.1. The molecule has 2 aliphatic heterocycles. The molecule has 6 rings (SSSR count). The van der Waals surface area contributed by atoms with Crippen LogP contribution in [0.5, 0.6) is 5.75 Å². The summed E-state index contributed by atoms with van der Waals surface area (Å²) < 4.78 is 94.1. The number of nitrogens with zero attached hydrogens (tertiary/aromatic N) is 2. The predicted molar refractivity (Wildman–Crippen MR) is 181 cm³/mol. The largest absolute Gasteiger partial charge is 0.424 e. The number of benzene rings is 2. The molecular weight excluding hydrogens is 699 g/mol. The monoisotopic (exact) mass is 733 g/mol. The Morgan fingerprint density at radius 1 is 1.18 bits per heavy atom. The van der Waals surface area contributed by atoms with Crippen molar-refractivity contribution >= 4 is 48.7 Å². The molecule has 266 valence electrons. The normalized spacial score (nSPS) is 20.2. The molecule has 10 nitrogen and oxygen atoms in total. The van der Waals surface area contributed by atoms with Crippen molar-refractivity contribution < 1.29 is 40.2 Å². The summed E-state index contributed by atoms with van der Waals surface area (Å²) in [5.41, 5.74) is 1.17. The molecule has 16 heteroatoms. The van der Waals surface area contributed by atoms with Crippen LogP contribution in [0.25, 0.3) is 14.9 Å². The third kappa shape index (κ3) is 7.94. The Labute approximate surface area is 291 Å². The molecule has 0 bridgehead atoms. The Bertz CT molecular complexity index is 1980. The second kappa shape index (κ2) is 14.3. The van der Waals surface area contributed by atoms with Gasteiger partial charge >= 0.3 is 12.9 Å². The summed E-state index contributed by atoms with van der Waals surface area (Å²) in [6.07, 6.45) is -1.60. The number of amides is 1. The number of hydrogen-bond donors (Lipinski definition) is 3. The minimum atomic E-state index is -4.56. The van der Waals surface area contributed by atoms with Gasteiger partial charge in [0.2, 0.25) is 5.91 Å². The van der Waals surface area contributed by atoms with E-state index in [9.17, 15) is 30.8 Å². The number of fused-ring (bicyclic) bond motifs is 1. The molecule has 2 saturated heterocycles. The van der Waals surface area contributed by atoms with Gasteiger partial charge in [-0.1, -0.05) is 24.0 Å². The second-order valence-electron chi connectivity index (χ2n) is 13.0. The van der Waals surface area contributed by atoms with Gasteiger partial charge in [-0.05, 0) is 42.7 Å². The van der Waals surface area contributed by atoms with Crippen LogP contribution in [0.15, 0.2) is 35.2 Å². The topological polar surface area (TPSA) is 113 Å². The Morgan fingerprint density at radius 3 is 2.56 bits per heavy atom. The SMILES string of the molecule is [C-]#[N+]COc1cc(S(=O)(=O)NC(C)=O)c(F)cc1NCC#Cc1sc2c(NC3CCC(N4CC5(COC5)C4)CC3)cccc2c1CC(F)(F)F. The second-order valence-corrected chi connectivity index (χ2v) is 15.6. The van der Waals surface area contributed by atoms with Crippen LogP contribution in [-0.4, -0.2) is 77.1 Å². The maximum Gasteiger partial charge on any atom is 0.393 e. The van der Waals surface area contributed by atoms with E-state index in [0.717, 1.165) is 76.7 Å². The molecule has 3 aromatic rings. The summed E-state index contributed by atoms with van der Waals surface area (Å²) in [4.78, 5) is 16.3. The molecule has 1 saturated carbocycles. The fourth-order valence-corrected chi connectivity index (χ4v) is 9.06. The molecule has 1 amide bonds. The number of carbonyl (C=O) groups is 1. The van der Waals surface area contributed by atoms with Gasteiger partial charge in [-0.3, -0.25) is 14.5 Å². The van der Waals surface area contributed by atoms with Gasteiger partial charge in [0.1, 0.15) is 10.7 Å². The molecule has 0 atom stereocenters. The van der Waals surface area contributed by atoms with Crippen LogP contribution >= 0.6 is 11.3 Å². The molecule has 0 unspecified atom stereocenters. The van der Waals surface area contributed by atoms with Gasteiger partial charge < -0.3 is 20.1 Å². The Hall–Kier alpha value is -4.09. The van der Waals surface area contributed by atoms with Crippen LogP contribution < -0.4 is 20.1 Å². The van der Waals surface area contributed by atoms with E-state index >= 15 is 0 Å². The van der Waals surface area contributed by atoms with E-state index in [-0.39, 0.29) is 34.5 Å². The summed E-state index contributed by atoms with van der Waals surface area (Å²) >= 11 is 1.18. The average Bonchev–Trinajstić information content (AvgIpc) is 3.34. The lowest BCUT2D eigenvalue weighted by Crippen LogP contribution is -2.68. The minimum Gasteiger partial charge on any atom is -0.424 e. The zero-order valence-corrected chi connectivity index (χ0v) is 28.7.